The van der Waals surface area contributed by atoms with E-state index < -0.39 is 96.1 Å². The van der Waals surface area contributed by atoms with Gasteiger partial charge in [0.05, 0.1) is 51.7 Å². The summed E-state index contributed by atoms with van der Waals surface area (Å²) in [6.07, 6.45) is 0.230. The third-order valence-corrected chi connectivity index (χ3v) is 19.5. The van der Waals surface area contributed by atoms with Gasteiger partial charge < -0.3 is 102 Å². The number of carboxylic acids is 1. The van der Waals surface area contributed by atoms with Crippen molar-refractivity contribution in [2.45, 2.75) is 130 Å². The van der Waals surface area contributed by atoms with Crippen molar-refractivity contribution < 1.29 is 96.5 Å². The van der Waals surface area contributed by atoms with Gasteiger partial charge in [0.2, 0.25) is 47.3 Å². The van der Waals surface area contributed by atoms with Crippen molar-refractivity contribution in [3.8, 4) is 62.8 Å². The first-order chi connectivity index (χ1) is 58.7. The third-order valence-electron chi connectivity index (χ3n) is 19.5. The van der Waals surface area contributed by atoms with Crippen molar-refractivity contribution in [1.82, 2.24) is 82.4 Å². The molecule has 35 nitrogen and oxygen atoms in total. The number of anilines is 1. The Morgan fingerprint density at radius 1 is 0.439 bits per heavy atom. The Balaban J connectivity index is 0.0000158. The van der Waals surface area contributed by atoms with Crippen molar-refractivity contribution in [3.63, 3.8) is 0 Å². The Morgan fingerprint density at radius 2 is 0.878 bits per heavy atom. The molecule has 36 heteroatoms. The molecular weight excluding hydrogens is 1630 g/mol. The number of carboxylic acid groups (broad SMARTS) is 1. The number of nitrogens with zero attached hydrogens (tertiary/aromatic N) is 6. The van der Waals surface area contributed by atoms with Gasteiger partial charge in [-0.15, -0.1) is 5.75 Å². The molecule has 9 aromatic rings. The molecule has 2 aliphatic heterocycles. The molecule has 11 rings (SSSR count). The standard InChI is InChI=1S/C87H103N19O16.Zn/c1-48(2)41-66(83(113)92-51(7)81(111)95-65(21-14-33-91-87(88)89)82(112)96-67(42-49(3)4)84(114)97-68(43-50(5)6)85(115)98-69(86(116)117)44-52-22-26-54(107)27-23-52)94-70(108)32-35-118-37-39-120-40-38-119-36-34-90-71(109)46-121-47-72(110)93-53-24-28-55(29-25-53)122-56-30-31-63-64(45-56)80-105-78-62-20-13-12-19-61(62)76(103-78)101-74-58-16-9-8-15-57(58)73(99-74)100-75-59-17-10-11-18-60(59)77(102-75)104-79(63)106-80;/h8-13,15-20,22-31,45,48-51,65-69,107H,14,21,32-44,46-47H2,1-7H3,(H,90,109)(H,92,113)(H,93,110)(H,94,108)(H,95,111)(H,96,112)(H,97,114)(H,98,115)(H,116,117)(H4,88,89,91)(H2,99,100,101,102,103,104,105,106);/q;+2/p-2/t51-,65-,66-,67-,68-,69-;/m0./s1. The minimum atomic E-state index is -1.59. The Labute approximate surface area is 721 Å². The van der Waals surface area contributed by atoms with E-state index in [1.165, 1.54) is 31.2 Å². The number of ether oxygens (including phenoxy) is 5. The van der Waals surface area contributed by atoms with Crippen molar-refractivity contribution >= 4 is 109 Å². The summed E-state index contributed by atoms with van der Waals surface area (Å²) in [4.78, 5) is 158. The fraction of sp³-hybridized carbons (Fsp3) is 0.379. The second-order valence-corrected chi connectivity index (χ2v) is 30.7. The molecule has 2 aliphatic rings. The van der Waals surface area contributed by atoms with Crippen LogP contribution in [-0.2, 0) is 88.0 Å². The zero-order valence-electron chi connectivity index (χ0n) is 69.5. The number of carbonyl (C=O) groups is 9. The molecule has 0 aliphatic carbocycles. The quantitative estimate of drug-likeness (QED) is 0.00961. The normalized spacial score (nSPS) is 12.9. The van der Waals surface area contributed by atoms with Crippen LogP contribution in [0.1, 0.15) is 92.6 Å². The van der Waals surface area contributed by atoms with E-state index in [1.54, 1.807) is 52.0 Å². The van der Waals surface area contributed by atoms with Crippen molar-refractivity contribution in [1.29, 1.82) is 5.41 Å². The SMILES string of the molecule is CC(C)C[C@H](NC(=O)CCOCCOCCOCCNC(=O)COCC(=O)Nc1ccc(Oc2ccc3c(c2)-c2nc-3nc3[nH]c(nc4nc(nc5[nH]c(n2)c2ccccc52)-c2ccccc2-4)c2ccccc32)cc1)C(=O)N[C@@H](C)C(=O)N[C@@H](CCCNC(=N)N)C(=O)N[C@@H](CC(C)C)C(=O)N[C@@H](CC(C)C)C(=O)N[C@@H](Cc1ccc([O-])cc1)C(=O)[O-].[Zn+2]. The first kappa shape index (κ1) is 92.5. The molecule has 0 saturated carbocycles. The molecule has 0 spiro atoms. The van der Waals surface area contributed by atoms with Crippen LogP contribution >= 0.6 is 0 Å². The second-order valence-electron chi connectivity index (χ2n) is 30.7. The average Bonchev–Trinajstić information content (AvgIpc) is 1.60. The first-order valence-electron chi connectivity index (χ1n) is 40.4. The summed E-state index contributed by atoms with van der Waals surface area (Å²) in [5.41, 5.74) is 11.7. The van der Waals surface area contributed by atoms with Gasteiger partial charge in [-0.1, -0.05) is 139 Å². The van der Waals surface area contributed by atoms with Gasteiger partial charge >= 0.3 is 19.5 Å². The number of aromatic amines is 2. The maximum Gasteiger partial charge on any atom is 2.00 e. The summed E-state index contributed by atoms with van der Waals surface area (Å²) in [6, 6.07) is 33.7. The third kappa shape index (κ3) is 26.6. The monoisotopic (exact) mass is 1730 g/mol. The fourth-order valence-electron chi connectivity index (χ4n) is 13.6. The molecule has 3 aromatic heterocycles. The number of hydrogen-bond acceptors (Lipinski definition) is 23. The number of aliphatic carboxylic acids is 1. The number of carbonyl (C=O) groups excluding carboxylic acids is 9. The van der Waals surface area contributed by atoms with Crippen LogP contribution in [-0.4, -0.2) is 201 Å². The zero-order valence-corrected chi connectivity index (χ0v) is 72.5. The molecular formula is C87H101N19O16Zn. The first-order valence-corrected chi connectivity index (χ1v) is 40.4. The van der Waals surface area contributed by atoms with Crippen LogP contribution in [0.3, 0.4) is 0 Å². The van der Waals surface area contributed by atoms with Crippen LogP contribution in [0.4, 0.5) is 5.69 Å². The van der Waals surface area contributed by atoms with E-state index in [9.17, 15) is 53.4 Å². The molecule has 0 radical (unpaired) electrons. The van der Waals surface area contributed by atoms with Gasteiger partial charge in [0.15, 0.2) is 29.3 Å². The van der Waals surface area contributed by atoms with Gasteiger partial charge in [-0.3, -0.25) is 43.8 Å². The summed E-state index contributed by atoms with van der Waals surface area (Å²) in [5, 5.41) is 58.7. The predicted molar refractivity (Wildman–Crippen MR) is 451 cm³/mol. The van der Waals surface area contributed by atoms with Gasteiger partial charge in [-0.05, 0) is 111 Å². The van der Waals surface area contributed by atoms with Crippen LogP contribution in [0.15, 0.2) is 140 Å². The van der Waals surface area contributed by atoms with Crippen LogP contribution < -0.4 is 68.5 Å². The number of benzene rings is 6. The zero-order chi connectivity index (χ0) is 86.9. The van der Waals surface area contributed by atoms with E-state index in [0.29, 0.717) is 74.2 Å². The minimum absolute atomic E-state index is 0. The molecule has 14 N–H and O–H groups in total. The minimum Gasteiger partial charge on any atom is -0.872 e. The van der Waals surface area contributed by atoms with Gasteiger partial charge in [0, 0.05) is 69.0 Å². The summed E-state index contributed by atoms with van der Waals surface area (Å²) in [7, 11) is 0. The largest absolute Gasteiger partial charge is 2.00 e. The maximum atomic E-state index is 14.2. The maximum absolute atomic E-state index is 14.2. The topological polar surface area (TPSA) is 513 Å². The van der Waals surface area contributed by atoms with Crippen molar-refractivity contribution in [3.05, 3.63) is 145 Å². The predicted octanol–water partition coefficient (Wildman–Crippen LogP) is 5.57. The number of nitrogens with one attached hydrogen (secondary N) is 12. The van der Waals surface area contributed by atoms with Gasteiger partial charge in [-0.2, -0.15) is 0 Å². The van der Waals surface area contributed by atoms with Crippen LogP contribution in [0.5, 0.6) is 17.2 Å². The van der Waals surface area contributed by atoms with Crippen molar-refractivity contribution in [2.24, 2.45) is 23.5 Å². The summed E-state index contributed by atoms with van der Waals surface area (Å²) in [6.45, 7) is 12.7. The molecule has 642 valence electrons. The molecule has 5 heterocycles. The number of hydrogen-bond donors (Lipinski definition) is 13. The van der Waals surface area contributed by atoms with E-state index in [0.717, 1.165) is 38.2 Å². The Hall–Kier alpha value is -12.8. The number of nitrogens with two attached hydrogens (primary N) is 1. The van der Waals surface area contributed by atoms with Crippen LogP contribution in [0.2, 0.25) is 0 Å². The van der Waals surface area contributed by atoms with E-state index >= 15 is 0 Å². The number of rotatable bonds is 43. The average molecular weight is 1730 g/mol. The summed E-state index contributed by atoms with van der Waals surface area (Å²) < 4.78 is 28.5. The molecule has 0 unspecified atom stereocenters. The van der Waals surface area contributed by atoms with E-state index in [4.69, 9.17) is 64.7 Å². The number of fused-ring (bicyclic) bond motifs is 20. The summed E-state index contributed by atoms with van der Waals surface area (Å²) in [5.74, 6) is -5.05. The van der Waals surface area contributed by atoms with Crippen LogP contribution in [0, 0.1) is 23.2 Å². The van der Waals surface area contributed by atoms with E-state index in [-0.39, 0.29) is 153 Å². The molecule has 6 aromatic carbocycles. The van der Waals surface area contributed by atoms with Crippen molar-refractivity contribution in [2.75, 3.05) is 71.3 Å². The number of guanidine groups is 1. The van der Waals surface area contributed by atoms with E-state index in [2.05, 4.69) is 57.8 Å². The van der Waals surface area contributed by atoms with Gasteiger partial charge in [0.25, 0.3) is 0 Å². The molecule has 8 bridgehead atoms. The second kappa shape index (κ2) is 44.7. The Bertz CT molecular complexity index is 5430. The Kier molecular flexibility index (Phi) is 33.6. The van der Waals surface area contributed by atoms with Gasteiger partial charge in [0.1, 0.15) is 77.5 Å². The van der Waals surface area contributed by atoms with E-state index in [1.807, 2.05) is 105 Å². The molecule has 8 amide bonds. The number of aromatic nitrogens is 8. The smallest absolute Gasteiger partial charge is 0.872 e. The fourth-order valence-corrected chi connectivity index (χ4v) is 13.6. The molecule has 0 fully saturated rings. The van der Waals surface area contributed by atoms with Crippen LogP contribution in [0.25, 0.3) is 89.7 Å². The number of amides is 8. The molecule has 0 saturated heterocycles. The van der Waals surface area contributed by atoms with Gasteiger partial charge in [-0.25, -0.2) is 29.9 Å². The molecule has 123 heavy (non-hydrogen) atoms. The summed E-state index contributed by atoms with van der Waals surface area (Å²) >= 11 is 0. The molecule has 6 atom stereocenters. The Morgan fingerprint density at radius 3 is 1.39 bits per heavy atom. The number of H-pyrrole nitrogens is 2.